The summed E-state index contributed by atoms with van der Waals surface area (Å²) < 4.78 is 37.4. The van der Waals surface area contributed by atoms with E-state index in [0.29, 0.717) is 12.5 Å². The SMILES string of the molecule is CC(C)CCNC(=O)CS(=O)(=O)c1ccc(N)cc1F. The molecule has 3 N–H and O–H groups in total. The van der Waals surface area contributed by atoms with Gasteiger partial charge < -0.3 is 11.1 Å². The zero-order chi connectivity index (χ0) is 15.3. The number of rotatable bonds is 6. The Hall–Kier alpha value is -1.63. The summed E-state index contributed by atoms with van der Waals surface area (Å²) in [6, 6.07) is 3.28. The van der Waals surface area contributed by atoms with E-state index in [2.05, 4.69) is 5.32 Å². The van der Waals surface area contributed by atoms with Crippen LogP contribution >= 0.6 is 0 Å². The van der Waals surface area contributed by atoms with Gasteiger partial charge >= 0.3 is 0 Å². The largest absolute Gasteiger partial charge is 0.399 e. The Morgan fingerprint density at radius 1 is 1.40 bits per heavy atom. The molecule has 0 aliphatic rings. The number of carbonyl (C=O) groups is 1. The van der Waals surface area contributed by atoms with E-state index in [1.807, 2.05) is 13.8 Å². The monoisotopic (exact) mass is 302 g/mol. The molecule has 0 fully saturated rings. The number of sulfone groups is 1. The second-order valence-electron chi connectivity index (χ2n) is 4.98. The average molecular weight is 302 g/mol. The van der Waals surface area contributed by atoms with Crippen LogP contribution in [0.5, 0.6) is 0 Å². The Balaban J connectivity index is 2.72. The maximum Gasteiger partial charge on any atom is 0.235 e. The summed E-state index contributed by atoms with van der Waals surface area (Å²) in [5, 5.41) is 2.51. The maximum atomic E-state index is 13.6. The van der Waals surface area contributed by atoms with Gasteiger partial charge in [-0.25, -0.2) is 12.8 Å². The zero-order valence-corrected chi connectivity index (χ0v) is 12.3. The molecule has 1 aromatic carbocycles. The van der Waals surface area contributed by atoms with Crippen LogP contribution in [0.25, 0.3) is 0 Å². The van der Waals surface area contributed by atoms with Crippen LogP contribution in [0.4, 0.5) is 10.1 Å². The van der Waals surface area contributed by atoms with Crippen molar-refractivity contribution in [2.45, 2.75) is 25.2 Å². The lowest BCUT2D eigenvalue weighted by Crippen LogP contribution is -2.31. The minimum Gasteiger partial charge on any atom is -0.399 e. The van der Waals surface area contributed by atoms with Gasteiger partial charge in [0, 0.05) is 12.2 Å². The summed E-state index contributed by atoms with van der Waals surface area (Å²) >= 11 is 0. The number of carbonyl (C=O) groups excluding carboxylic acids is 1. The first-order valence-corrected chi connectivity index (χ1v) is 7.92. The molecule has 0 atom stereocenters. The highest BCUT2D eigenvalue weighted by molar-refractivity contribution is 7.92. The van der Waals surface area contributed by atoms with E-state index in [1.54, 1.807) is 0 Å². The molecule has 0 aromatic heterocycles. The first kappa shape index (κ1) is 16.4. The average Bonchev–Trinajstić information content (AvgIpc) is 2.26. The molecule has 1 rings (SSSR count). The Labute approximate surface area is 118 Å². The Morgan fingerprint density at radius 2 is 2.05 bits per heavy atom. The number of halogens is 1. The van der Waals surface area contributed by atoms with Gasteiger partial charge in [0.1, 0.15) is 16.5 Å². The van der Waals surface area contributed by atoms with E-state index in [4.69, 9.17) is 5.73 Å². The van der Waals surface area contributed by atoms with Crippen LogP contribution in [0.2, 0.25) is 0 Å². The molecule has 0 aliphatic heterocycles. The fourth-order valence-electron chi connectivity index (χ4n) is 1.57. The molecule has 1 amide bonds. The van der Waals surface area contributed by atoms with Crippen molar-refractivity contribution < 1.29 is 17.6 Å². The van der Waals surface area contributed by atoms with Crippen molar-refractivity contribution in [1.82, 2.24) is 5.32 Å². The third-order valence-electron chi connectivity index (χ3n) is 2.66. The summed E-state index contributed by atoms with van der Waals surface area (Å²) in [7, 11) is -4.00. The van der Waals surface area contributed by atoms with Crippen LogP contribution in [-0.4, -0.2) is 26.6 Å². The number of anilines is 1. The molecule has 0 bridgehead atoms. The molecular formula is C13H19FN2O3S. The van der Waals surface area contributed by atoms with Crippen molar-refractivity contribution in [1.29, 1.82) is 0 Å². The summed E-state index contributed by atoms with van der Waals surface area (Å²) in [6.45, 7) is 4.38. The molecular weight excluding hydrogens is 283 g/mol. The van der Waals surface area contributed by atoms with Gasteiger partial charge in [0.15, 0.2) is 9.84 Å². The molecule has 7 heteroatoms. The molecule has 5 nitrogen and oxygen atoms in total. The lowest BCUT2D eigenvalue weighted by atomic mass is 10.1. The number of hydrogen-bond donors (Lipinski definition) is 2. The van der Waals surface area contributed by atoms with Gasteiger partial charge in [0.25, 0.3) is 0 Å². The van der Waals surface area contributed by atoms with Crippen molar-refractivity contribution in [2.75, 3.05) is 18.0 Å². The number of benzene rings is 1. The summed E-state index contributed by atoms with van der Waals surface area (Å²) in [6.07, 6.45) is 0.752. The quantitative estimate of drug-likeness (QED) is 0.776. The van der Waals surface area contributed by atoms with Gasteiger partial charge in [0.05, 0.1) is 0 Å². The molecule has 0 aliphatic carbocycles. The van der Waals surface area contributed by atoms with E-state index in [-0.39, 0.29) is 5.69 Å². The van der Waals surface area contributed by atoms with Gasteiger partial charge in [0.2, 0.25) is 5.91 Å². The molecule has 0 heterocycles. The number of nitrogen functional groups attached to an aromatic ring is 1. The van der Waals surface area contributed by atoms with Gasteiger partial charge in [-0.1, -0.05) is 13.8 Å². The standard InChI is InChI=1S/C13H19FN2O3S/c1-9(2)5-6-16-13(17)8-20(18,19)12-4-3-10(15)7-11(12)14/h3-4,7,9H,5-6,8,15H2,1-2H3,(H,16,17). The number of hydrogen-bond acceptors (Lipinski definition) is 4. The highest BCUT2D eigenvalue weighted by atomic mass is 32.2. The second kappa shape index (κ2) is 6.69. The summed E-state index contributed by atoms with van der Waals surface area (Å²) in [5.74, 6) is -1.95. The first-order valence-electron chi connectivity index (χ1n) is 6.27. The summed E-state index contributed by atoms with van der Waals surface area (Å²) in [5.41, 5.74) is 5.48. The molecule has 0 saturated carbocycles. The lowest BCUT2D eigenvalue weighted by Gasteiger charge is -2.08. The molecule has 0 unspecified atom stereocenters. The smallest absolute Gasteiger partial charge is 0.235 e. The highest BCUT2D eigenvalue weighted by Crippen LogP contribution is 2.18. The van der Waals surface area contributed by atoms with Gasteiger partial charge in [-0.3, -0.25) is 4.79 Å². The zero-order valence-electron chi connectivity index (χ0n) is 11.5. The third-order valence-corrected chi connectivity index (χ3v) is 4.30. The van der Waals surface area contributed by atoms with Gasteiger partial charge in [-0.2, -0.15) is 0 Å². The maximum absolute atomic E-state index is 13.6. The van der Waals surface area contributed by atoms with E-state index in [0.717, 1.165) is 18.6 Å². The predicted octanol–water partition coefficient (Wildman–Crippen LogP) is 1.34. The fraction of sp³-hybridized carbons (Fsp3) is 0.462. The van der Waals surface area contributed by atoms with Gasteiger partial charge in [-0.05, 0) is 30.5 Å². The van der Waals surface area contributed by atoms with Crippen molar-refractivity contribution in [2.24, 2.45) is 5.92 Å². The van der Waals surface area contributed by atoms with Crippen LogP contribution in [-0.2, 0) is 14.6 Å². The van der Waals surface area contributed by atoms with Crippen LogP contribution in [0.15, 0.2) is 23.1 Å². The normalized spacial score (nSPS) is 11.6. The predicted molar refractivity (Wildman–Crippen MR) is 75.3 cm³/mol. The minimum atomic E-state index is -4.00. The third kappa shape index (κ3) is 4.80. The Morgan fingerprint density at radius 3 is 2.60 bits per heavy atom. The van der Waals surface area contributed by atoms with Crippen LogP contribution in [0.3, 0.4) is 0 Å². The molecule has 0 saturated heterocycles. The van der Waals surface area contributed by atoms with Gasteiger partial charge in [-0.15, -0.1) is 0 Å². The van der Waals surface area contributed by atoms with Crippen molar-refractivity contribution >= 4 is 21.4 Å². The number of amides is 1. The fourth-order valence-corrected chi connectivity index (χ4v) is 2.81. The molecule has 1 aromatic rings. The van der Waals surface area contributed by atoms with Crippen molar-refractivity contribution in [3.63, 3.8) is 0 Å². The topological polar surface area (TPSA) is 89.3 Å². The van der Waals surface area contributed by atoms with Crippen LogP contribution < -0.4 is 11.1 Å². The Kier molecular flexibility index (Phi) is 5.50. The van der Waals surface area contributed by atoms with Crippen LogP contribution in [0.1, 0.15) is 20.3 Å². The second-order valence-corrected chi connectivity index (χ2v) is 6.94. The molecule has 112 valence electrons. The molecule has 0 radical (unpaired) electrons. The lowest BCUT2D eigenvalue weighted by molar-refractivity contribution is -0.118. The van der Waals surface area contributed by atoms with Crippen LogP contribution in [0, 0.1) is 11.7 Å². The van der Waals surface area contributed by atoms with E-state index in [1.165, 1.54) is 6.07 Å². The molecule has 20 heavy (non-hydrogen) atoms. The van der Waals surface area contributed by atoms with E-state index in [9.17, 15) is 17.6 Å². The minimum absolute atomic E-state index is 0.128. The number of nitrogens with one attached hydrogen (secondary N) is 1. The Bertz CT molecular complexity index is 585. The number of nitrogens with two attached hydrogens (primary N) is 1. The van der Waals surface area contributed by atoms with E-state index < -0.39 is 32.2 Å². The van der Waals surface area contributed by atoms with E-state index >= 15 is 0 Å². The van der Waals surface area contributed by atoms with Crippen molar-refractivity contribution in [3.8, 4) is 0 Å². The van der Waals surface area contributed by atoms with Crippen molar-refractivity contribution in [3.05, 3.63) is 24.0 Å². The highest BCUT2D eigenvalue weighted by Gasteiger charge is 2.22. The first-order chi connectivity index (χ1) is 9.22. The molecule has 0 spiro atoms. The summed E-state index contributed by atoms with van der Waals surface area (Å²) in [4.78, 5) is 11.0.